The second-order valence-corrected chi connectivity index (χ2v) is 7.68. The summed E-state index contributed by atoms with van der Waals surface area (Å²) in [4.78, 5) is 29.5. The normalized spacial score (nSPS) is 20.4. The number of benzene rings is 2. The molecule has 2 aliphatic heterocycles. The molecule has 0 saturated carbocycles. The van der Waals surface area contributed by atoms with Crippen LogP contribution in [-0.2, 0) is 4.79 Å². The molecule has 28 heavy (non-hydrogen) atoms. The van der Waals surface area contributed by atoms with Crippen LogP contribution in [0.25, 0.3) is 0 Å². The number of nitrogens with one attached hydrogen (secondary N) is 1. The summed E-state index contributed by atoms with van der Waals surface area (Å²) in [6, 6.07) is 15.5. The highest BCUT2D eigenvalue weighted by Crippen LogP contribution is 2.39. The van der Waals surface area contributed by atoms with E-state index < -0.39 is 6.04 Å². The predicted molar refractivity (Wildman–Crippen MR) is 109 cm³/mol. The van der Waals surface area contributed by atoms with E-state index in [1.54, 1.807) is 11.9 Å². The van der Waals surface area contributed by atoms with Gasteiger partial charge < -0.3 is 10.2 Å². The number of hydrogen-bond acceptors (Lipinski definition) is 2. The molecule has 144 valence electrons. The quantitative estimate of drug-likeness (QED) is 0.886. The molecule has 0 saturated heterocycles. The van der Waals surface area contributed by atoms with Crippen LogP contribution < -0.4 is 5.32 Å². The number of nitrogens with zero attached hydrogens (tertiary/aromatic N) is 2. The number of carbonyl (C=O) groups excluding carboxylic acids is 2. The topological polar surface area (TPSA) is 52.7 Å². The average molecular weight is 375 g/mol. The lowest BCUT2D eigenvalue weighted by Gasteiger charge is -2.31. The first kappa shape index (κ1) is 18.3. The zero-order valence-electron chi connectivity index (χ0n) is 16.7. The molecule has 5 heteroatoms. The Kier molecular flexibility index (Phi) is 4.46. The van der Waals surface area contributed by atoms with Crippen molar-refractivity contribution in [1.82, 2.24) is 15.1 Å². The van der Waals surface area contributed by atoms with Gasteiger partial charge in [0.2, 0.25) is 0 Å². The molecule has 0 bridgehead atoms. The molecule has 0 aliphatic carbocycles. The van der Waals surface area contributed by atoms with Crippen molar-refractivity contribution >= 4 is 11.9 Å². The molecule has 0 fully saturated rings. The number of amides is 3. The predicted octanol–water partition coefficient (Wildman–Crippen LogP) is 3.86. The third-order valence-corrected chi connectivity index (χ3v) is 5.87. The van der Waals surface area contributed by atoms with Gasteiger partial charge in [-0.1, -0.05) is 54.1 Å². The molecule has 3 amide bonds. The maximum absolute atomic E-state index is 13.5. The molecule has 5 nitrogen and oxygen atoms in total. The first-order chi connectivity index (χ1) is 13.4. The maximum atomic E-state index is 13.5. The van der Waals surface area contributed by atoms with Gasteiger partial charge in [0.1, 0.15) is 0 Å². The van der Waals surface area contributed by atoms with Gasteiger partial charge in [-0.15, -0.1) is 0 Å². The summed E-state index contributed by atoms with van der Waals surface area (Å²) in [7, 11) is 1.73. The van der Waals surface area contributed by atoms with Gasteiger partial charge in [0.15, 0.2) is 0 Å². The van der Waals surface area contributed by atoms with Gasteiger partial charge in [-0.25, -0.2) is 4.79 Å². The van der Waals surface area contributed by atoms with Crippen molar-refractivity contribution in [2.45, 2.75) is 32.9 Å². The standard InChI is InChI=1S/C23H25N3O2/c1-14-10-11-18(15(2)12-14)21-20-19(25(4)23(28)24-21)13-26(22(20)27)16(3)17-8-6-5-7-9-17/h5-12,16,21H,13H2,1-4H3,(H,24,28). The van der Waals surface area contributed by atoms with E-state index in [9.17, 15) is 9.59 Å². The Labute approximate surface area is 165 Å². The van der Waals surface area contributed by atoms with Crippen molar-refractivity contribution in [2.75, 3.05) is 13.6 Å². The molecule has 4 rings (SSSR count). The monoisotopic (exact) mass is 375 g/mol. The van der Waals surface area contributed by atoms with E-state index >= 15 is 0 Å². The Bertz CT molecular complexity index is 981. The van der Waals surface area contributed by atoms with Gasteiger partial charge in [0.25, 0.3) is 5.91 Å². The van der Waals surface area contributed by atoms with Crippen LogP contribution in [0.15, 0.2) is 59.8 Å². The van der Waals surface area contributed by atoms with E-state index in [1.807, 2.05) is 68.1 Å². The van der Waals surface area contributed by atoms with E-state index in [2.05, 4.69) is 11.4 Å². The summed E-state index contributed by atoms with van der Waals surface area (Å²) in [5.74, 6) is -0.0109. The van der Waals surface area contributed by atoms with Gasteiger partial charge in [-0.2, -0.15) is 0 Å². The zero-order chi connectivity index (χ0) is 20.0. The highest BCUT2D eigenvalue weighted by Gasteiger charge is 2.44. The third-order valence-electron chi connectivity index (χ3n) is 5.87. The molecule has 2 aromatic rings. The Morgan fingerprint density at radius 3 is 2.46 bits per heavy atom. The van der Waals surface area contributed by atoms with E-state index in [-0.39, 0.29) is 18.0 Å². The Balaban J connectivity index is 1.74. The summed E-state index contributed by atoms with van der Waals surface area (Å²) in [6.07, 6.45) is 0. The molecule has 1 N–H and O–H groups in total. The number of likely N-dealkylation sites (N-methyl/N-ethyl adjacent to an activating group) is 1. The number of hydrogen-bond donors (Lipinski definition) is 1. The number of rotatable bonds is 3. The molecular weight excluding hydrogens is 350 g/mol. The minimum atomic E-state index is -0.417. The van der Waals surface area contributed by atoms with E-state index in [4.69, 9.17) is 0 Å². The van der Waals surface area contributed by atoms with Crippen molar-refractivity contribution in [1.29, 1.82) is 0 Å². The molecule has 0 radical (unpaired) electrons. The van der Waals surface area contributed by atoms with Crippen LogP contribution in [0.5, 0.6) is 0 Å². The van der Waals surface area contributed by atoms with Crippen LogP contribution in [0.1, 0.15) is 41.3 Å². The third kappa shape index (κ3) is 2.87. The van der Waals surface area contributed by atoms with Gasteiger partial charge in [0.05, 0.1) is 29.9 Å². The number of urea groups is 1. The largest absolute Gasteiger partial charge is 0.326 e. The minimum Gasteiger partial charge on any atom is -0.326 e. The lowest BCUT2D eigenvalue weighted by atomic mass is 9.91. The molecule has 2 atom stereocenters. The van der Waals surface area contributed by atoms with Crippen LogP contribution in [0.4, 0.5) is 4.79 Å². The molecule has 0 aromatic heterocycles. The van der Waals surface area contributed by atoms with Gasteiger partial charge in [-0.3, -0.25) is 9.69 Å². The van der Waals surface area contributed by atoms with Crippen molar-refractivity contribution in [3.8, 4) is 0 Å². The second-order valence-electron chi connectivity index (χ2n) is 7.68. The average Bonchev–Trinajstić information content (AvgIpc) is 3.03. The van der Waals surface area contributed by atoms with Gasteiger partial charge >= 0.3 is 6.03 Å². The first-order valence-corrected chi connectivity index (χ1v) is 9.59. The summed E-state index contributed by atoms with van der Waals surface area (Å²) in [6.45, 7) is 6.54. The van der Waals surface area contributed by atoms with Crippen molar-refractivity contribution in [3.05, 3.63) is 82.1 Å². The molecule has 0 spiro atoms. The lowest BCUT2D eigenvalue weighted by Crippen LogP contribution is -2.45. The van der Waals surface area contributed by atoms with Crippen LogP contribution in [0, 0.1) is 13.8 Å². The first-order valence-electron chi connectivity index (χ1n) is 9.59. The smallest absolute Gasteiger partial charge is 0.322 e. The minimum absolute atomic E-state index is 0.0109. The molecule has 2 unspecified atom stereocenters. The van der Waals surface area contributed by atoms with E-state index in [0.29, 0.717) is 12.1 Å². The maximum Gasteiger partial charge on any atom is 0.322 e. The van der Waals surface area contributed by atoms with Gasteiger partial charge in [0, 0.05) is 7.05 Å². The molecule has 2 aliphatic rings. The van der Waals surface area contributed by atoms with Crippen molar-refractivity contribution in [2.24, 2.45) is 0 Å². The molecule has 2 heterocycles. The van der Waals surface area contributed by atoms with E-state index in [1.165, 1.54) is 0 Å². The summed E-state index contributed by atoms with van der Waals surface area (Å²) >= 11 is 0. The summed E-state index contributed by atoms with van der Waals surface area (Å²) in [5, 5.41) is 3.03. The van der Waals surface area contributed by atoms with Crippen LogP contribution >= 0.6 is 0 Å². The Morgan fingerprint density at radius 2 is 1.79 bits per heavy atom. The molecule has 2 aromatic carbocycles. The Hall–Kier alpha value is -3.08. The number of carbonyl (C=O) groups is 2. The van der Waals surface area contributed by atoms with E-state index in [0.717, 1.165) is 28.0 Å². The SMILES string of the molecule is Cc1ccc(C2NC(=O)N(C)C3=C2C(=O)N(C(C)c2ccccc2)C3)c(C)c1. The van der Waals surface area contributed by atoms with Crippen molar-refractivity contribution in [3.63, 3.8) is 0 Å². The highest BCUT2D eigenvalue weighted by molar-refractivity contribution is 6.01. The fraction of sp³-hybridized carbons (Fsp3) is 0.304. The van der Waals surface area contributed by atoms with Gasteiger partial charge in [-0.05, 0) is 37.5 Å². The van der Waals surface area contributed by atoms with Crippen LogP contribution in [0.3, 0.4) is 0 Å². The fourth-order valence-electron chi connectivity index (χ4n) is 4.20. The van der Waals surface area contributed by atoms with Crippen LogP contribution in [0.2, 0.25) is 0 Å². The summed E-state index contributed by atoms with van der Waals surface area (Å²) in [5.41, 5.74) is 5.76. The second kappa shape index (κ2) is 6.82. The Morgan fingerprint density at radius 1 is 1.07 bits per heavy atom. The van der Waals surface area contributed by atoms with Crippen molar-refractivity contribution < 1.29 is 9.59 Å². The summed E-state index contributed by atoms with van der Waals surface area (Å²) < 4.78 is 0. The van der Waals surface area contributed by atoms with Crippen LogP contribution in [-0.4, -0.2) is 35.3 Å². The molecular formula is C23H25N3O2. The zero-order valence-corrected chi connectivity index (χ0v) is 16.7. The number of aryl methyl sites for hydroxylation is 2. The lowest BCUT2D eigenvalue weighted by molar-refractivity contribution is -0.127. The fourth-order valence-corrected chi connectivity index (χ4v) is 4.20. The highest BCUT2D eigenvalue weighted by atomic mass is 16.2.